The van der Waals surface area contributed by atoms with E-state index in [2.05, 4.69) is 10.3 Å². The zero-order valence-electron chi connectivity index (χ0n) is 14.8. The van der Waals surface area contributed by atoms with Crippen molar-refractivity contribution in [2.45, 2.75) is 46.8 Å². The first kappa shape index (κ1) is 18.2. The number of nitrogens with zero attached hydrogens (tertiary/aromatic N) is 3. The van der Waals surface area contributed by atoms with Crippen molar-refractivity contribution in [2.24, 2.45) is 5.73 Å². The van der Waals surface area contributed by atoms with Crippen LogP contribution in [0.4, 0.5) is 0 Å². The lowest BCUT2D eigenvalue weighted by Crippen LogP contribution is -2.45. The van der Waals surface area contributed by atoms with Crippen molar-refractivity contribution in [3.63, 3.8) is 0 Å². The molecule has 0 aliphatic carbocycles. The molecule has 0 bridgehead atoms. The zero-order valence-corrected chi connectivity index (χ0v) is 14.8. The molecule has 2 N–H and O–H groups in total. The quantitative estimate of drug-likeness (QED) is 0.814. The highest BCUT2D eigenvalue weighted by atomic mass is 16.5. The second-order valence-corrected chi connectivity index (χ2v) is 5.86. The fraction of sp³-hybridized carbons (Fsp3) is 0.562. The molecule has 0 spiro atoms. The lowest BCUT2D eigenvalue weighted by molar-refractivity contribution is -0.135. The molecule has 0 saturated carbocycles. The van der Waals surface area contributed by atoms with Gasteiger partial charge in [-0.25, -0.2) is 0 Å². The topological polar surface area (TPSA) is 108 Å². The number of carbonyl (C=O) groups is 1. The number of methoxy groups -OCH3 is 1. The van der Waals surface area contributed by atoms with Crippen LogP contribution >= 0.6 is 0 Å². The molecule has 1 unspecified atom stereocenters. The van der Waals surface area contributed by atoms with Gasteiger partial charge in [0, 0.05) is 18.2 Å². The van der Waals surface area contributed by atoms with Crippen molar-refractivity contribution in [1.29, 1.82) is 0 Å². The van der Waals surface area contributed by atoms with E-state index in [9.17, 15) is 4.79 Å². The van der Waals surface area contributed by atoms with Gasteiger partial charge < -0.3 is 24.4 Å². The van der Waals surface area contributed by atoms with Crippen LogP contribution in [0, 0.1) is 27.7 Å². The van der Waals surface area contributed by atoms with Gasteiger partial charge in [-0.2, -0.15) is 0 Å². The van der Waals surface area contributed by atoms with Crippen LogP contribution in [0.5, 0.6) is 0 Å². The first-order valence-corrected chi connectivity index (χ1v) is 7.72. The molecule has 0 radical (unpaired) electrons. The number of nitrogens with two attached hydrogens (primary N) is 1. The minimum Gasteiger partial charge on any atom is -0.383 e. The summed E-state index contributed by atoms with van der Waals surface area (Å²) in [6, 6.07) is -0.740. The van der Waals surface area contributed by atoms with E-state index in [-0.39, 0.29) is 12.5 Å². The van der Waals surface area contributed by atoms with Crippen molar-refractivity contribution in [3.8, 4) is 0 Å². The van der Waals surface area contributed by atoms with Crippen LogP contribution < -0.4 is 5.73 Å². The standard InChI is InChI=1S/C16H24N4O4/c1-9-13(11(3)23-18-9)6-20(16(21)15(17)8-22-5)7-14-10(2)19-24-12(14)4/h15H,6-8,17H2,1-5H3. The zero-order chi connectivity index (χ0) is 17.9. The second kappa shape index (κ2) is 7.59. The molecule has 132 valence electrons. The molecule has 8 heteroatoms. The maximum Gasteiger partial charge on any atom is 0.242 e. The van der Waals surface area contributed by atoms with E-state index in [1.54, 1.807) is 4.90 Å². The Labute approximate surface area is 140 Å². The lowest BCUT2D eigenvalue weighted by Gasteiger charge is -2.25. The summed E-state index contributed by atoms with van der Waals surface area (Å²) in [5.41, 5.74) is 9.20. The first-order valence-electron chi connectivity index (χ1n) is 7.72. The number of carbonyl (C=O) groups excluding carboxylic acids is 1. The minimum absolute atomic E-state index is 0.151. The van der Waals surface area contributed by atoms with Crippen LogP contribution in [0.2, 0.25) is 0 Å². The van der Waals surface area contributed by atoms with Gasteiger partial charge in [0.1, 0.15) is 17.6 Å². The number of amides is 1. The Bertz CT molecular complexity index is 620. The summed E-state index contributed by atoms with van der Waals surface area (Å²) >= 11 is 0. The molecule has 8 nitrogen and oxygen atoms in total. The Balaban J connectivity index is 2.29. The molecule has 0 aliphatic heterocycles. The molecule has 2 heterocycles. The van der Waals surface area contributed by atoms with Crippen LogP contribution in [0.1, 0.15) is 34.0 Å². The molecular formula is C16H24N4O4. The van der Waals surface area contributed by atoms with E-state index in [1.807, 2.05) is 27.7 Å². The van der Waals surface area contributed by atoms with E-state index in [0.717, 1.165) is 22.5 Å². The van der Waals surface area contributed by atoms with E-state index >= 15 is 0 Å². The summed E-state index contributed by atoms with van der Waals surface area (Å²) in [5.74, 6) is 1.16. The third-order valence-electron chi connectivity index (χ3n) is 4.04. The van der Waals surface area contributed by atoms with Crippen LogP contribution in [-0.2, 0) is 22.6 Å². The van der Waals surface area contributed by atoms with Crippen molar-refractivity contribution < 1.29 is 18.6 Å². The normalized spacial score (nSPS) is 12.4. The van der Waals surface area contributed by atoms with Gasteiger partial charge in [-0.3, -0.25) is 4.79 Å². The third kappa shape index (κ3) is 3.82. The Morgan fingerprint density at radius 3 is 1.88 bits per heavy atom. The Hall–Kier alpha value is -2.19. The van der Waals surface area contributed by atoms with Crippen LogP contribution in [0.25, 0.3) is 0 Å². The van der Waals surface area contributed by atoms with Gasteiger partial charge >= 0.3 is 0 Å². The van der Waals surface area contributed by atoms with Crippen LogP contribution in [0.15, 0.2) is 9.05 Å². The highest BCUT2D eigenvalue weighted by molar-refractivity contribution is 5.81. The van der Waals surface area contributed by atoms with Gasteiger partial charge in [-0.15, -0.1) is 0 Å². The van der Waals surface area contributed by atoms with E-state index in [1.165, 1.54) is 7.11 Å². The molecule has 2 aromatic rings. The number of aryl methyl sites for hydroxylation is 4. The first-order chi connectivity index (χ1) is 11.3. The summed E-state index contributed by atoms with van der Waals surface area (Å²) in [5, 5.41) is 7.88. The van der Waals surface area contributed by atoms with Crippen molar-refractivity contribution in [2.75, 3.05) is 13.7 Å². The lowest BCUT2D eigenvalue weighted by atomic mass is 10.1. The smallest absolute Gasteiger partial charge is 0.242 e. The fourth-order valence-electron chi connectivity index (χ4n) is 2.53. The van der Waals surface area contributed by atoms with Gasteiger partial charge in [-0.05, 0) is 27.7 Å². The third-order valence-corrected chi connectivity index (χ3v) is 4.04. The predicted octanol–water partition coefficient (Wildman–Crippen LogP) is 1.40. The number of ether oxygens (including phenoxy) is 1. The van der Waals surface area contributed by atoms with Crippen molar-refractivity contribution in [3.05, 3.63) is 34.0 Å². The summed E-state index contributed by atoms with van der Waals surface area (Å²) in [4.78, 5) is 14.4. The van der Waals surface area contributed by atoms with Gasteiger partial charge in [0.05, 0.1) is 31.1 Å². The predicted molar refractivity (Wildman–Crippen MR) is 86.1 cm³/mol. The molecule has 0 saturated heterocycles. The molecule has 1 atom stereocenters. The maximum atomic E-state index is 12.7. The van der Waals surface area contributed by atoms with E-state index in [4.69, 9.17) is 19.5 Å². The largest absolute Gasteiger partial charge is 0.383 e. The van der Waals surface area contributed by atoms with Gasteiger partial charge in [0.25, 0.3) is 0 Å². The Morgan fingerprint density at radius 2 is 1.54 bits per heavy atom. The molecule has 2 aromatic heterocycles. The maximum absolute atomic E-state index is 12.7. The molecule has 0 aliphatic rings. The average Bonchev–Trinajstić information content (AvgIpc) is 3.03. The fourth-order valence-corrected chi connectivity index (χ4v) is 2.53. The van der Waals surface area contributed by atoms with Crippen molar-refractivity contribution in [1.82, 2.24) is 15.2 Å². The van der Waals surface area contributed by atoms with Gasteiger partial charge in [-0.1, -0.05) is 10.3 Å². The molecule has 24 heavy (non-hydrogen) atoms. The Morgan fingerprint density at radius 1 is 1.08 bits per heavy atom. The van der Waals surface area contributed by atoms with Crippen LogP contribution in [0.3, 0.4) is 0 Å². The van der Waals surface area contributed by atoms with E-state index in [0.29, 0.717) is 24.6 Å². The Kier molecular flexibility index (Phi) is 5.74. The molecule has 1 amide bonds. The highest BCUT2D eigenvalue weighted by Gasteiger charge is 2.25. The highest BCUT2D eigenvalue weighted by Crippen LogP contribution is 2.20. The monoisotopic (exact) mass is 336 g/mol. The van der Waals surface area contributed by atoms with Crippen molar-refractivity contribution >= 4 is 5.91 Å². The second-order valence-electron chi connectivity index (χ2n) is 5.86. The summed E-state index contributed by atoms with van der Waals surface area (Å²) < 4.78 is 15.4. The summed E-state index contributed by atoms with van der Waals surface area (Å²) in [6.07, 6.45) is 0. The number of hydrogen-bond donors (Lipinski definition) is 1. The van der Waals surface area contributed by atoms with Gasteiger partial charge in [0.2, 0.25) is 5.91 Å². The van der Waals surface area contributed by atoms with E-state index < -0.39 is 6.04 Å². The van der Waals surface area contributed by atoms with Gasteiger partial charge in [0.15, 0.2) is 0 Å². The summed E-state index contributed by atoms with van der Waals surface area (Å²) in [6.45, 7) is 8.19. The number of hydrogen-bond acceptors (Lipinski definition) is 7. The SMILES string of the molecule is COCC(N)C(=O)N(Cc1c(C)noc1C)Cc1c(C)noc1C. The minimum atomic E-state index is -0.740. The molecular weight excluding hydrogens is 312 g/mol. The summed E-state index contributed by atoms with van der Waals surface area (Å²) in [7, 11) is 1.51. The molecule has 0 fully saturated rings. The number of rotatable bonds is 7. The number of aromatic nitrogens is 2. The molecule has 0 aromatic carbocycles. The van der Waals surface area contributed by atoms with Crippen LogP contribution in [-0.4, -0.2) is 40.9 Å². The molecule has 2 rings (SSSR count). The average molecular weight is 336 g/mol.